The molecule has 0 bridgehead atoms. The lowest BCUT2D eigenvalue weighted by Gasteiger charge is -2.32. The van der Waals surface area contributed by atoms with Crippen molar-refractivity contribution in [3.05, 3.63) is 29.8 Å². The lowest BCUT2D eigenvalue weighted by molar-refractivity contribution is 0.0392. The summed E-state index contributed by atoms with van der Waals surface area (Å²) >= 11 is 0. The molecule has 2 N–H and O–H groups in total. The minimum absolute atomic E-state index is 0.497. The van der Waals surface area contributed by atoms with Gasteiger partial charge in [0.05, 0.1) is 0 Å². The van der Waals surface area contributed by atoms with Crippen molar-refractivity contribution in [2.45, 2.75) is 57.7 Å². The fraction of sp³-hybridized carbons (Fsp3) is 0.720. The van der Waals surface area contributed by atoms with Gasteiger partial charge in [0.25, 0.3) is 0 Å². The van der Waals surface area contributed by atoms with Gasteiger partial charge < -0.3 is 25.0 Å². The summed E-state index contributed by atoms with van der Waals surface area (Å²) in [6.45, 7) is 9.92. The Labute approximate surface area is 194 Å². The zero-order valence-corrected chi connectivity index (χ0v) is 20.3. The first-order valence-corrected chi connectivity index (χ1v) is 12.4. The number of nitrogens with one attached hydrogen (secondary N) is 2. The van der Waals surface area contributed by atoms with Gasteiger partial charge in [-0.3, -0.25) is 9.89 Å². The van der Waals surface area contributed by atoms with Crippen molar-refractivity contribution < 1.29 is 9.47 Å². The van der Waals surface area contributed by atoms with E-state index in [0.29, 0.717) is 18.7 Å². The first-order valence-electron chi connectivity index (χ1n) is 12.4. The highest BCUT2D eigenvalue weighted by atomic mass is 16.5. The predicted octanol–water partition coefficient (Wildman–Crippen LogP) is 2.72. The Morgan fingerprint density at radius 2 is 2.00 bits per heavy atom. The first-order chi connectivity index (χ1) is 15.7. The number of likely N-dealkylation sites (N-methyl/N-ethyl adjacent to an activating group) is 1. The molecule has 180 valence electrons. The van der Waals surface area contributed by atoms with Crippen LogP contribution in [0.1, 0.15) is 44.6 Å². The lowest BCUT2D eigenvalue weighted by atomic mass is 10.1. The summed E-state index contributed by atoms with van der Waals surface area (Å²) in [5.74, 6) is 1.80. The quantitative estimate of drug-likeness (QED) is 0.427. The minimum atomic E-state index is 0.497. The third-order valence-electron chi connectivity index (χ3n) is 6.58. The summed E-state index contributed by atoms with van der Waals surface area (Å²) in [5, 5.41) is 7.06. The van der Waals surface area contributed by atoms with Crippen molar-refractivity contribution in [2.24, 2.45) is 4.99 Å². The predicted molar refractivity (Wildman–Crippen MR) is 131 cm³/mol. The molecule has 0 unspecified atom stereocenters. The van der Waals surface area contributed by atoms with E-state index in [2.05, 4.69) is 57.6 Å². The van der Waals surface area contributed by atoms with Crippen LogP contribution in [-0.4, -0.2) is 87.9 Å². The molecule has 0 saturated carbocycles. The third kappa shape index (κ3) is 8.26. The topological polar surface area (TPSA) is 61.4 Å². The van der Waals surface area contributed by atoms with Crippen LogP contribution >= 0.6 is 0 Å². The number of nitrogens with zero attached hydrogens (tertiary/aromatic N) is 3. The van der Waals surface area contributed by atoms with E-state index >= 15 is 0 Å². The molecular formula is C25H43N5O2. The van der Waals surface area contributed by atoms with Crippen LogP contribution < -0.4 is 15.4 Å². The van der Waals surface area contributed by atoms with Crippen molar-refractivity contribution >= 4 is 5.96 Å². The average molecular weight is 446 g/mol. The molecule has 32 heavy (non-hydrogen) atoms. The van der Waals surface area contributed by atoms with E-state index in [1.54, 1.807) is 0 Å². The minimum Gasteiger partial charge on any atom is -0.492 e. The molecule has 0 aliphatic carbocycles. The molecule has 0 radical (unpaired) electrons. The molecule has 2 aliphatic heterocycles. The molecule has 7 nitrogen and oxygen atoms in total. The van der Waals surface area contributed by atoms with Gasteiger partial charge in [-0.1, -0.05) is 19.1 Å². The van der Waals surface area contributed by atoms with Crippen LogP contribution in [0.4, 0.5) is 0 Å². The molecule has 3 rings (SSSR count). The number of rotatable bonds is 10. The Morgan fingerprint density at radius 1 is 1.22 bits per heavy atom. The van der Waals surface area contributed by atoms with Gasteiger partial charge in [-0.05, 0) is 63.4 Å². The van der Waals surface area contributed by atoms with Crippen molar-refractivity contribution in [3.8, 4) is 5.75 Å². The third-order valence-corrected chi connectivity index (χ3v) is 6.58. The van der Waals surface area contributed by atoms with Crippen LogP contribution in [0, 0.1) is 0 Å². The molecule has 1 aromatic rings. The smallest absolute Gasteiger partial charge is 0.191 e. The number of aliphatic imine (C=N–C) groups is 1. The molecule has 7 heteroatoms. The molecule has 2 aliphatic rings. The molecule has 2 fully saturated rings. The van der Waals surface area contributed by atoms with Gasteiger partial charge >= 0.3 is 0 Å². The summed E-state index contributed by atoms with van der Waals surface area (Å²) < 4.78 is 11.5. The van der Waals surface area contributed by atoms with Crippen LogP contribution in [-0.2, 0) is 11.3 Å². The second-order valence-corrected chi connectivity index (χ2v) is 9.01. The molecular weight excluding hydrogens is 402 g/mol. The summed E-state index contributed by atoms with van der Waals surface area (Å²) in [6, 6.07) is 9.46. The zero-order chi connectivity index (χ0) is 22.6. The van der Waals surface area contributed by atoms with Crippen LogP contribution in [0.5, 0.6) is 5.75 Å². The zero-order valence-electron chi connectivity index (χ0n) is 20.3. The maximum atomic E-state index is 6.04. The van der Waals surface area contributed by atoms with Crippen molar-refractivity contribution in [3.63, 3.8) is 0 Å². The van der Waals surface area contributed by atoms with Crippen LogP contribution in [0.2, 0.25) is 0 Å². The number of ether oxygens (including phenoxy) is 2. The first kappa shape index (κ1) is 24.8. The summed E-state index contributed by atoms with van der Waals surface area (Å²) in [4.78, 5) is 9.38. The van der Waals surface area contributed by atoms with Crippen LogP contribution in [0.3, 0.4) is 0 Å². The molecule has 0 atom stereocenters. The van der Waals surface area contributed by atoms with Gasteiger partial charge in [0.15, 0.2) is 5.96 Å². The highest BCUT2D eigenvalue weighted by Gasteiger charge is 2.19. The van der Waals surface area contributed by atoms with Gasteiger partial charge in [-0.2, -0.15) is 0 Å². The number of likely N-dealkylation sites (tertiary alicyclic amines) is 1. The van der Waals surface area contributed by atoms with Crippen LogP contribution in [0.15, 0.2) is 29.3 Å². The maximum absolute atomic E-state index is 6.04. The van der Waals surface area contributed by atoms with E-state index in [-0.39, 0.29) is 0 Å². The Balaban J connectivity index is 1.38. The molecule has 2 heterocycles. The number of hydrogen-bond acceptors (Lipinski definition) is 5. The van der Waals surface area contributed by atoms with Crippen LogP contribution in [0.25, 0.3) is 0 Å². The van der Waals surface area contributed by atoms with E-state index in [1.165, 1.54) is 44.5 Å². The Bertz CT molecular complexity index is 685. The lowest BCUT2D eigenvalue weighted by Crippen LogP contribution is -2.48. The van der Waals surface area contributed by atoms with E-state index in [9.17, 15) is 0 Å². The van der Waals surface area contributed by atoms with Crippen molar-refractivity contribution in [2.75, 3.05) is 60.1 Å². The fourth-order valence-corrected chi connectivity index (χ4v) is 4.55. The van der Waals surface area contributed by atoms with Crippen molar-refractivity contribution in [1.82, 2.24) is 20.4 Å². The van der Waals surface area contributed by atoms with E-state index in [4.69, 9.17) is 9.47 Å². The number of hydrogen-bond donors (Lipinski definition) is 2. The van der Waals surface area contributed by atoms with Gasteiger partial charge in [0, 0.05) is 58.5 Å². The Morgan fingerprint density at radius 3 is 2.72 bits per heavy atom. The van der Waals surface area contributed by atoms with E-state index < -0.39 is 0 Å². The van der Waals surface area contributed by atoms with E-state index in [0.717, 1.165) is 50.9 Å². The molecule has 0 aromatic heterocycles. The highest BCUT2D eigenvalue weighted by Crippen LogP contribution is 2.15. The number of piperidine rings is 1. The normalized spacial score (nSPS) is 19.3. The van der Waals surface area contributed by atoms with Gasteiger partial charge in [0.1, 0.15) is 12.4 Å². The average Bonchev–Trinajstić information content (AvgIpc) is 2.84. The Kier molecular flexibility index (Phi) is 10.6. The second kappa shape index (κ2) is 13.7. The Hall–Kier alpha value is -1.83. The summed E-state index contributed by atoms with van der Waals surface area (Å²) in [5.41, 5.74) is 1.20. The fourth-order valence-electron chi connectivity index (χ4n) is 4.55. The largest absolute Gasteiger partial charge is 0.492 e. The maximum Gasteiger partial charge on any atom is 0.191 e. The molecule has 0 spiro atoms. The second-order valence-electron chi connectivity index (χ2n) is 9.01. The SMILES string of the molecule is CCCN1CCC(NC(=NC)NCc2cccc(OCCN(C)C3CCOCC3)c2)CC1. The van der Waals surface area contributed by atoms with Gasteiger partial charge in [0.2, 0.25) is 0 Å². The van der Waals surface area contributed by atoms with E-state index in [1.807, 2.05) is 13.1 Å². The highest BCUT2D eigenvalue weighted by molar-refractivity contribution is 5.79. The standard InChI is InChI=1S/C25H43N5O2/c1-4-12-30-13-8-22(9-14-30)28-25(26-2)27-20-21-6-5-7-24(19-21)32-18-15-29(3)23-10-16-31-17-11-23/h5-7,19,22-23H,4,8-18,20H2,1-3H3,(H2,26,27,28). The van der Waals surface area contributed by atoms with Crippen molar-refractivity contribution in [1.29, 1.82) is 0 Å². The summed E-state index contributed by atoms with van der Waals surface area (Å²) in [7, 11) is 4.03. The molecule has 2 saturated heterocycles. The molecule has 1 aromatic carbocycles. The van der Waals surface area contributed by atoms with Gasteiger partial charge in [-0.15, -0.1) is 0 Å². The summed E-state index contributed by atoms with van der Waals surface area (Å²) in [6.07, 6.45) is 5.81. The van der Waals surface area contributed by atoms with Gasteiger partial charge in [-0.25, -0.2) is 0 Å². The number of guanidine groups is 1. The monoisotopic (exact) mass is 445 g/mol. The molecule has 0 amide bonds. The number of benzene rings is 1.